The number of carbonyl (C=O) groups excluding carboxylic acids is 1. The molecule has 3 N–H and O–H groups in total. The molecule has 0 aliphatic heterocycles. The zero-order valence-corrected chi connectivity index (χ0v) is 12.4. The largest absolute Gasteiger partial charge is 0.480 e. The summed E-state index contributed by atoms with van der Waals surface area (Å²) in [6, 6.07) is -1.22. The van der Waals surface area contributed by atoms with Gasteiger partial charge in [-0.15, -0.1) is 0 Å². The summed E-state index contributed by atoms with van der Waals surface area (Å²) < 4.78 is 0. The van der Waals surface area contributed by atoms with Crippen molar-refractivity contribution in [1.29, 1.82) is 0 Å². The van der Waals surface area contributed by atoms with E-state index < -0.39 is 18.0 Å². The number of unbranched alkanes of at least 4 members (excludes halogenated alkanes) is 1. The van der Waals surface area contributed by atoms with Crippen LogP contribution in [-0.4, -0.2) is 55.2 Å². The minimum absolute atomic E-state index is 0.224. The van der Waals surface area contributed by atoms with Crippen molar-refractivity contribution in [3.05, 3.63) is 0 Å². The highest BCUT2D eigenvalue weighted by Gasteiger charge is 2.20. The predicted molar refractivity (Wildman–Crippen MR) is 75.2 cm³/mol. The van der Waals surface area contributed by atoms with Crippen molar-refractivity contribution < 1.29 is 14.7 Å². The predicted octanol–water partition coefficient (Wildman–Crippen LogP) is 1.13. The van der Waals surface area contributed by atoms with Crippen LogP contribution in [0.5, 0.6) is 0 Å². The number of aliphatic carboxylic acids is 1. The second-order valence-corrected chi connectivity index (χ2v) is 5.43. The van der Waals surface area contributed by atoms with Crippen molar-refractivity contribution in [3.8, 4) is 0 Å². The maximum Gasteiger partial charge on any atom is 0.326 e. The third-order valence-electron chi connectivity index (χ3n) is 2.63. The Morgan fingerprint density at radius 2 is 1.84 bits per heavy atom. The van der Waals surface area contributed by atoms with Gasteiger partial charge in [-0.1, -0.05) is 13.8 Å². The third-order valence-corrected chi connectivity index (χ3v) is 2.63. The molecule has 0 aliphatic carbocycles. The van der Waals surface area contributed by atoms with E-state index in [1.807, 2.05) is 27.9 Å². The maximum atomic E-state index is 11.5. The number of carboxylic acid groups (broad SMARTS) is 1. The zero-order chi connectivity index (χ0) is 14.8. The molecule has 19 heavy (non-hydrogen) atoms. The highest BCUT2D eigenvalue weighted by molar-refractivity contribution is 5.82. The molecular weight excluding hydrogens is 246 g/mol. The van der Waals surface area contributed by atoms with Crippen molar-refractivity contribution in [1.82, 2.24) is 15.5 Å². The van der Waals surface area contributed by atoms with Crippen LogP contribution in [0.15, 0.2) is 0 Å². The van der Waals surface area contributed by atoms with Gasteiger partial charge in [-0.25, -0.2) is 9.59 Å². The molecule has 0 fully saturated rings. The van der Waals surface area contributed by atoms with Gasteiger partial charge in [0, 0.05) is 6.54 Å². The maximum absolute atomic E-state index is 11.5. The number of carbonyl (C=O) groups is 2. The summed E-state index contributed by atoms with van der Waals surface area (Å²) in [4.78, 5) is 24.6. The van der Waals surface area contributed by atoms with E-state index in [2.05, 4.69) is 15.5 Å². The summed E-state index contributed by atoms with van der Waals surface area (Å²) in [5.41, 5.74) is 0. The minimum atomic E-state index is -0.989. The Morgan fingerprint density at radius 1 is 1.21 bits per heavy atom. The smallest absolute Gasteiger partial charge is 0.326 e. The topological polar surface area (TPSA) is 81.7 Å². The Bertz CT molecular complexity index is 280. The van der Waals surface area contributed by atoms with Crippen molar-refractivity contribution in [2.24, 2.45) is 5.92 Å². The van der Waals surface area contributed by atoms with Crippen LogP contribution in [0.25, 0.3) is 0 Å². The van der Waals surface area contributed by atoms with E-state index in [-0.39, 0.29) is 5.92 Å². The monoisotopic (exact) mass is 273 g/mol. The molecule has 0 aromatic rings. The molecule has 0 bridgehead atoms. The van der Waals surface area contributed by atoms with Gasteiger partial charge in [-0.05, 0) is 45.8 Å². The first-order valence-corrected chi connectivity index (χ1v) is 6.74. The lowest BCUT2D eigenvalue weighted by atomic mass is 10.0. The fourth-order valence-corrected chi connectivity index (χ4v) is 1.66. The number of hydrogen-bond donors (Lipinski definition) is 3. The molecular formula is C13H27N3O3. The standard InChI is InChI=1S/C13H27N3O3/c1-10(2)9-11(12(17)18)15-13(19)14-7-5-6-8-16(3)4/h10-11H,5-9H2,1-4H3,(H,17,18)(H2,14,15,19)/t11-/m1/s1. The van der Waals surface area contributed by atoms with E-state index in [4.69, 9.17) is 5.11 Å². The van der Waals surface area contributed by atoms with E-state index in [1.165, 1.54) is 0 Å². The Balaban J connectivity index is 3.84. The van der Waals surface area contributed by atoms with Crippen LogP contribution < -0.4 is 10.6 Å². The summed E-state index contributed by atoms with van der Waals surface area (Å²) in [7, 11) is 4.01. The van der Waals surface area contributed by atoms with E-state index in [1.54, 1.807) is 0 Å². The van der Waals surface area contributed by atoms with Crippen molar-refractivity contribution in [3.63, 3.8) is 0 Å². The van der Waals surface area contributed by atoms with Crippen LogP contribution in [0.3, 0.4) is 0 Å². The number of carboxylic acids is 1. The Kier molecular flexibility index (Phi) is 8.95. The molecule has 2 amide bonds. The van der Waals surface area contributed by atoms with Gasteiger partial charge in [-0.2, -0.15) is 0 Å². The van der Waals surface area contributed by atoms with Crippen LogP contribution in [0.1, 0.15) is 33.1 Å². The van der Waals surface area contributed by atoms with Gasteiger partial charge >= 0.3 is 12.0 Å². The normalized spacial score (nSPS) is 12.5. The van der Waals surface area contributed by atoms with Crippen LogP contribution in [0, 0.1) is 5.92 Å². The lowest BCUT2D eigenvalue weighted by Gasteiger charge is -2.17. The summed E-state index contributed by atoms with van der Waals surface area (Å²) in [5, 5.41) is 14.2. The molecule has 0 aromatic carbocycles. The number of rotatable bonds is 9. The fraction of sp³-hybridized carbons (Fsp3) is 0.846. The van der Waals surface area contributed by atoms with E-state index in [9.17, 15) is 9.59 Å². The third kappa shape index (κ3) is 10.3. The molecule has 0 aromatic heterocycles. The van der Waals surface area contributed by atoms with Crippen LogP contribution in [0.4, 0.5) is 4.79 Å². The molecule has 6 nitrogen and oxygen atoms in total. The second kappa shape index (κ2) is 9.61. The lowest BCUT2D eigenvalue weighted by molar-refractivity contribution is -0.139. The highest BCUT2D eigenvalue weighted by Crippen LogP contribution is 2.04. The SMILES string of the molecule is CC(C)C[C@@H](NC(=O)NCCCCN(C)C)C(=O)O. The van der Waals surface area contributed by atoms with Crippen LogP contribution in [0.2, 0.25) is 0 Å². The first-order valence-electron chi connectivity index (χ1n) is 6.74. The molecule has 1 atom stereocenters. The van der Waals surface area contributed by atoms with E-state index in [0.717, 1.165) is 19.4 Å². The van der Waals surface area contributed by atoms with Crippen molar-refractivity contribution >= 4 is 12.0 Å². The molecule has 0 unspecified atom stereocenters. The number of nitrogens with one attached hydrogen (secondary N) is 2. The first kappa shape index (κ1) is 17.7. The average molecular weight is 273 g/mol. The summed E-state index contributed by atoms with van der Waals surface area (Å²) in [6.45, 7) is 5.40. The van der Waals surface area contributed by atoms with Crippen molar-refractivity contribution in [2.45, 2.75) is 39.2 Å². The van der Waals surface area contributed by atoms with Gasteiger partial charge in [0.15, 0.2) is 0 Å². The second-order valence-electron chi connectivity index (χ2n) is 5.43. The molecule has 0 radical (unpaired) electrons. The Labute approximate surface area is 115 Å². The van der Waals surface area contributed by atoms with Gasteiger partial charge in [0.05, 0.1) is 0 Å². The van der Waals surface area contributed by atoms with Gasteiger partial charge in [-0.3, -0.25) is 0 Å². The number of nitrogens with zero attached hydrogens (tertiary/aromatic N) is 1. The zero-order valence-electron chi connectivity index (χ0n) is 12.4. The fourth-order valence-electron chi connectivity index (χ4n) is 1.66. The average Bonchev–Trinajstić information content (AvgIpc) is 2.26. The molecule has 0 saturated heterocycles. The number of hydrogen-bond acceptors (Lipinski definition) is 3. The van der Waals surface area contributed by atoms with E-state index >= 15 is 0 Å². The number of urea groups is 1. The van der Waals surface area contributed by atoms with Gasteiger partial charge in [0.25, 0.3) is 0 Å². The molecule has 0 spiro atoms. The summed E-state index contributed by atoms with van der Waals surface area (Å²) in [5.74, 6) is -0.766. The van der Waals surface area contributed by atoms with Gasteiger partial charge in [0.1, 0.15) is 6.04 Å². The molecule has 6 heteroatoms. The molecule has 112 valence electrons. The Hall–Kier alpha value is -1.30. The van der Waals surface area contributed by atoms with Gasteiger partial charge < -0.3 is 20.6 Å². The Morgan fingerprint density at radius 3 is 2.32 bits per heavy atom. The highest BCUT2D eigenvalue weighted by atomic mass is 16.4. The summed E-state index contributed by atoms with van der Waals surface area (Å²) >= 11 is 0. The summed E-state index contributed by atoms with van der Waals surface area (Å²) in [6.07, 6.45) is 2.32. The van der Waals surface area contributed by atoms with Gasteiger partial charge in [0.2, 0.25) is 0 Å². The molecule has 0 rings (SSSR count). The van der Waals surface area contributed by atoms with Crippen molar-refractivity contribution in [2.75, 3.05) is 27.2 Å². The van der Waals surface area contributed by atoms with Crippen LogP contribution in [-0.2, 0) is 4.79 Å². The molecule has 0 saturated carbocycles. The minimum Gasteiger partial charge on any atom is -0.480 e. The number of amides is 2. The molecule has 0 aliphatic rings. The quantitative estimate of drug-likeness (QED) is 0.550. The molecule has 0 heterocycles. The first-order chi connectivity index (χ1) is 8.82. The lowest BCUT2D eigenvalue weighted by Crippen LogP contribution is -2.46. The van der Waals surface area contributed by atoms with Crippen LogP contribution >= 0.6 is 0 Å². The van der Waals surface area contributed by atoms with E-state index in [0.29, 0.717) is 13.0 Å².